The fourth-order valence-corrected chi connectivity index (χ4v) is 5.73. The van der Waals surface area contributed by atoms with E-state index in [1.165, 1.54) is 10.4 Å². The van der Waals surface area contributed by atoms with Gasteiger partial charge >= 0.3 is 0 Å². The van der Waals surface area contributed by atoms with Crippen molar-refractivity contribution in [1.29, 1.82) is 0 Å². The Balaban J connectivity index is 1.53. The highest BCUT2D eigenvalue weighted by atomic mass is 32.1. The Kier molecular flexibility index (Phi) is 9.10. The molecule has 0 aliphatic carbocycles. The van der Waals surface area contributed by atoms with E-state index >= 15 is 0 Å². The molecule has 0 saturated carbocycles. The van der Waals surface area contributed by atoms with Gasteiger partial charge < -0.3 is 19.3 Å². The van der Waals surface area contributed by atoms with Crippen molar-refractivity contribution in [3.05, 3.63) is 81.5 Å². The highest BCUT2D eigenvalue weighted by Gasteiger charge is 2.34. The van der Waals surface area contributed by atoms with Crippen LogP contribution in [0.5, 0.6) is 11.5 Å². The fourth-order valence-electron chi connectivity index (χ4n) is 4.81. The molecule has 0 bridgehead atoms. The zero-order chi connectivity index (χ0) is 27.2. The number of ether oxygens (including phenoxy) is 2. The molecular formula is C31H38N2O4S. The maximum Gasteiger partial charge on any atom is 0.254 e. The van der Waals surface area contributed by atoms with E-state index in [1.807, 2.05) is 36.9 Å². The predicted molar refractivity (Wildman–Crippen MR) is 152 cm³/mol. The van der Waals surface area contributed by atoms with Crippen LogP contribution in [0.2, 0.25) is 0 Å². The highest BCUT2D eigenvalue weighted by Crippen LogP contribution is 2.34. The molecule has 1 aromatic heterocycles. The summed E-state index contributed by atoms with van der Waals surface area (Å²) >= 11 is 1.73. The SMILES string of the molecule is CC[C@@H](C)N(CC(=O)N1CCc2sccc2[C@H]1COc1ccc(C(C)C)cc1)C(=O)c1cccc(OC)c1. The molecule has 1 aliphatic heterocycles. The smallest absolute Gasteiger partial charge is 0.254 e. The molecule has 0 fully saturated rings. The number of thiophene rings is 1. The van der Waals surface area contributed by atoms with Crippen LogP contribution in [0.4, 0.5) is 0 Å². The Bertz CT molecular complexity index is 1240. The number of hydrogen-bond donors (Lipinski definition) is 0. The normalized spacial score (nSPS) is 15.6. The second-order valence-electron chi connectivity index (χ2n) is 10.1. The molecular weight excluding hydrogens is 496 g/mol. The third kappa shape index (κ3) is 6.21. The Morgan fingerprint density at radius 3 is 2.53 bits per heavy atom. The summed E-state index contributed by atoms with van der Waals surface area (Å²) in [5.74, 6) is 1.63. The summed E-state index contributed by atoms with van der Waals surface area (Å²) in [6.45, 7) is 9.34. The van der Waals surface area contributed by atoms with Crippen LogP contribution in [0.15, 0.2) is 60.0 Å². The fraction of sp³-hybridized carbons (Fsp3) is 0.419. The first-order valence-corrected chi connectivity index (χ1v) is 14.2. The van der Waals surface area contributed by atoms with Gasteiger partial charge in [-0.3, -0.25) is 9.59 Å². The van der Waals surface area contributed by atoms with Crippen molar-refractivity contribution in [1.82, 2.24) is 9.80 Å². The molecule has 0 unspecified atom stereocenters. The van der Waals surface area contributed by atoms with Crippen molar-refractivity contribution >= 4 is 23.2 Å². The van der Waals surface area contributed by atoms with E-state index in [4.69, 9.17) is 9.47 Å². The average molecular weight is 535 g/mol. The Labute approximate surface area is 230 Å². The van der Waals surface area contributed by atoms with E-state index in [0.717, 1.165) is 24.2 Å². The first-order valence-electron chi connectivity index (χ1n) is 13.4. The summed E-state index contributed by atoms with van der Waals surface area (Å²) < 4.78 is 11.5. The van der Waals surface area contributed by atoms with Gasteiger partial charge in [0.05, 0.1) is 13.2 Å². The monoisotopic (exact) mass is 534 g/mol. The van der Waals surface area contributed by atoms with Crippen molar-refractivity contribution in [2.75, 3.05) is 26.8 Å². The maximum absolute atomic E-state index is 13.8. The van der Waals surface area contributed by atoms with Gasteiger partial charge in [-0.05, 0) is 78.6 Å². The number of carbonyl (C=O) groups excluding carboxylic acids is 2. The van der Waals surface area contributed by atoms with E-state index in [-0.39, 0.29) is 30.4 Å². The maximum atomic E-state index is 13.8. The number of rotatable bonds is 10. The van der Waals surface area contributed by atoms with Crippen LogP contribution in [-0.4, -0.2) is 54.5 Å². The molecule has 4 rings (SSSR count). The standard InChI is InChI=1S/C31H38N2O4S/c1-6-22(4)33(31(35)24-8-7-9-26(18-24)36-5)19-30(34)32-16-14-29-27(15-17-38-29)28(32)20-37-25-12-10-23(11-13-25)21(2)3/h7-13,15,17-18,21-22,28H,6,14,16,19-20H2,1-5H3/t22-,28-/m1/s1. The van der Waals surface area contributed by atoms with E-state index < -0.39 is 0 Å². The van der Waals surface area contributed by atoms with Crippen molar-refractivity contribution in [2.45, 2.75) is 58.5 Å². The van der Waals surface area contributed by atoms with Crippen LogP contribution in [0.1, 0.15) is 72.4 Å². The molecule has 0 spiro atoms. The number of methoxy groups -OCH3 is 1. The van der Waals surface area contributed by atoms with E-state index in [9.17, 15) is 9.59 Å². The lowest BCUT2D eigenvalue weighted by Crippen LogP contribution is -2.49. The van der Waals surface area contributed by atoms with Crippen LogP contribution < -0.4 is 9.47 Å². The zero-order valence-corrected chi connectivity index (χ0v) is 23.8. The van der Waals surface area contributed by atoms with E-state index in [1.54, 1.807) is 41.5 Å². The summed E-state index contributed by atoms with van der Waals surface area (Å²) in [6.07, 6.45) is 1.56. The molecule has 0 saturated heterocycles. The van der Waals surface area contributed by atoms with Crippen molar-refractivity contribution in [2.24, 2.45) is 0 Å². The molecule has 202 valence electrons. The highest BCUT2D eigenvalue weighted by molar-refractivity contribution is 7.10. The molecule has 38 heavy (non-hydrogen) atoms. The van der Waals surface area contributed by atoms with Gasteiger partial charge in [-0.15, -0.1) is 11.3 Å². The minimum atomic E-state index is -0.201. The number of carbonyl (C=O) groups is 2. The third-order valence-electron chi connectivity index (χ3n) is 7.38. The summed E-state index contributed by atoms with van der Waals surface area (Å²) in [6, 6.07) is 17.1. The molecule has 0 radical (unpaired) electrons. The van der Waals surface area contributed by atoms with Gasteiger partial charge in [0, 0.05) is 23.0 Å². The molecule has 2 amide bonds. The largest absolute Gasteiger partial charge is 0.497 e. The quantitative estimate of drug-likeness (QED) is 0.305. The first-order chi connectivity index (χ1) is 18.3. The Hall–Kier alpha value is -3.32. The lowest BCUT2D eigenvalue weighted by Gasteiger charge is -2.38. The average Bonchev–Trinajstić information content (AvgIpc) is 3.43. The van der Waals surface area contributed by atoms with E-state index in [0.29, 0.717) is 30.4 Å². The molecule has 6 nitrogen and oxygen atoms in total. The second-order valence-corrected chi connectivity index (χ2v) is 11.1. The Morgan fingerprint density at radius 2 is 1.84 bits per heavy atom. The molecule has 3 aromatic rings. The second kappa shape index (κ2) is 12.5. The van der Waals surface area contributed by atoms with Crippen LogP contribution in [0.3, 0.4) is 0 Å². The van der Waals surface area contributed by atoms with Gasteiger partial charge in [0.1, 0.15) is 24.7 Å². The van der Waals surface area contributed by atoms with Crippen molar-refractivity contribution in [3.63, 3.8) is 0 Å². The van der Waals surface area contributed by atoms with Crippen molar-refractivity contribution in [3.8, 4) is 11.5 Å². The van der Waals surface area contributed by atoms with Crippen LogP contribution >= 0.6 is 11.3 Å². The van der Waals surface area contributed by atoms with Crippen LogP contribution in [-0.2, 0) is 11.2 Å². The van der Waals surface area contributed by atoms with Gasteiger partial charge in [0.15, 0.2) is 0 Å². The topological polar surface area (TPSA) is 59.1 Å². The van der Waals surface area contributed by atoms with E-state index in [2.05, 4.69) is 37.4 Å². The summed E-state index contributed by atoms with van der Waals surface area (Å²) in [5.41, 5.74) is 2.92. The van der Waals surface area contributed by atoms with Gasteiger partial charge in [-0.2, -0.15) is 0 Å². The zero-order valence-electron chi connectivity index (χ0n) is 23.0. The molecule has 1 aliphatic rings. The van der Waals surface area contributed by atoms with Crippen LogP contribution in [0, 0.1) is 0 Å². The van der Waals surface area contributed by atoms with Gasteiger partial charge in [-0.25, -0.2) is 0 Å². The molecule has 0 N–H and O–H groups in total. The minimum Gasteiger partial charge on any atom is -0.497 e. The molecule has 2 atom stereocenters. The Morgan fingerprint density at radius 1 is 1.08 bits per heavy atom. The van der Waals surface area contributed by atoms with Gasteiger partial charge in [0.2, 0.25) is 5.91 Å². The predicted octanol–water partition coefficient (Wildman–Crippen LogP) is 6.33. The molecule has 2 aromatic carbocycles. The van der Waals surface area contributed by atoms with Crippen LogP contribution in [0.25, 0.3) is 0 Å². The lowest BCUT2D eigenvalue weighted by atomic mass is 10.00. The number of nitrogens with zero attached hydrogens (tertiary/aromatic N) is 2. The van der Waals surface area contributed by atoms with Gasteiger partial charge in [0.25, 0.3) is 5.91 Å². The molecule has 7 heteroatoms. The number of amides is 2. The summed E-state index contributed by atoms with van der Waals surface area (Å²) in [4.78, 5) is 32.2. The minimum absolute atomic E-state index is 0.0180. The number of benzene rings is 2. The molecule has 2 heterocycles. The number of fused-ring (bicyclic) bond motifs is 1. The third-order valence-corrected chi connectivity index (χ3v) is 8.37. The summed E-state index contributed by atoms with van der Waals surface area (Å²) in [5, 5.41) is 2.08. The summed E-state index contributed by atoms with van der Waals surface area (Å²) in [7, 11) is 1.58. The first kappa shape index (κ1) is 27.7. The van der Waals surface area contributed by atoms with Gasteiger partial charge in [-0.1, -0.05) is 39.0 Å². The number of hydrogen-bond acceptors (Lipinski definition) is 5. The lowest BCUT2D eigenvalue weighted by molar-refractivity contribution is -0.136. The van der Waals surface area contributed by atoms with Crippen molar-refractivity contribution < 1.29 is 19.1 Å².